The van der Waals surface area contributed by atoms with Crippen LogP contribution in [0.4, 0.5) is 14.1 Å². The highest BCUT2D eigenvalue weighted by molar-refractivity contribution is 7.80. The van der Waals surface area contributed by atoms with Crippen molar-refractivity contribution < 1.29 is 14.1 Å². The van der Waals surface area contributed by atoms with Crippen LogP contribution < -0.4 is 0 Å². The molecule has 0 aliphatic rings. The van der Waals surface area contributed by atoms with Gasteiger partial charge < -0.3 is 0 Å². The average molecular weight is 212 g/mol. The largest absolute Gasteiger partial charge is 0.269 e. The van der Waals surface area contributed by atoms with Gasteiger partial charge in [-0.3, -0.25) is 14.1 Å². The van der Waals surface area contributed by atoms with Gasteiger partial charge in [-0.15, -0.1) is 12.6 Å². The summed E-state index contributed by atoms with van der Waals surface area (Å²) in [6.07, 6.45) is 0. The van der Waals surface area contributed by atoms with Gasteiger partial charge in [-0.05, 0) is 31.9 Å². The van der Waals surface area contributed by atoms with E-state index in [2.05, 4.69) is 45.5 Å². The zero-order chi connectivity index (χ0) is 7.72. The summed E-state index contributed by atoms with van der Waals surface area (Å²) in [4.78, 5) is 1.12. The molecule has 0 radical (unpaired) electrons. The first-order valence-corrected chi connectivity index (χ1v) is 3.83. The molecule has 0 unspecified atom stereocenters. The van der Waals surface area contributed by atoms with Crippen LogP contribution in [-0.4, -0.2) is 0 Å². The van der Waals surface area contributed by atoms with Gasteiger partial charge in [-0.2, -0.15) is 0 Å². The lowest BCUT2D eigenvalue weighted by Crippen LogP contribution is -1.83. The second-order valence-corrected chi connectivity index (χ2v) is 3.19. The molecule has 0 bridgehead atoms. The van der Waals surface area contributed by atoms with Gasteiger partial charge in [-0.1, -0.05) is 17.7 Å². The molecule has 0 amide bonds. The number of hydrogen-bond acceptors (Lipinski definition) is 1. The smallest absolute Gasteiger partial charge is 0.00987 e. The van der Waals surface area contributed by atoms with Crippen molar-refractivity contribution in [1.82, 2.24) is 0 Å². The van der Waals surface area contributed by atoms with Crippen molar-refractivity contribution in [1.29, 1.82) is 0 Å². The van der Waals surface area contributed by atoms with E-state index in [0.29, 0.717) is 0 Å². The third kappa shape index (κ3) is 4.22. The van der Waals surface area contributed by atoms with Crippen molar-refractivity contribution in [3.8, 4) is 0 Å². The summed E-state index contributed by atoms with van der Waals surface area (Å²) in [5, 5.41) is 0. The Kier molecular flexibility index (Phi) is 9.57. The van der Waals surface area contributed by atoms with Crippen molar-refractivity contribution in [2.75, 3.05) is 0 Å². The molecule has 0 spiro atoms. The van der Waals surface area contributed by atoms with Gasteiger partial charge in [0.2, 0.25) is 0 Å². The van der Waals surface area contributed by atoms with Crippen molar-refractivity contribution in [3.05, 3.63) is 28.8 Å². The van der Waals surface area contributed by atoms with Crippen LogP contribution in [0.25, 0.3) is 0 Å². The Hall–Kier alpha value is -0.640. The monoisotopic (exact) mass is 212 g/mol. The SMILES string of the molecule is Cc1cc(C)c(S)c(C)c1.F.F.F. The molecule has 1 aromatic rings. The third-order valence-corrected chi connectivity index (χ3v) is 2.34. The molecule has 0 aliphatic heterocycles. The highest BCUT2D eigenvalue weighted by Crippen LogP contribution is 2.19. The van der Waals surface area contributed by atoms with Crippen LogP contribution in [0, 0.1) is 20.8 Å². The molecule has 0 saturated carbocycles. The van der Waals surface area contributed by atoms with E-state index in [1.165, 1.54) is 16.7 Å². The second kappa shape index (κ2) is 6.83. The number of aryl methyl sites for hydroxylation is 3. The first kappa shape index (κ1) is 18.2. The van der Waals surface area contributed by atoms with Crippen LogP contribution in [0.3, 0.4) is 0 Å². The molecule has 0 nitrogen and oxygen atoms in total. The molecule has 0 saturated heterocycles. The van der Waals surface area contributed by atoms with E-state index in [-0.39, 0.29) is 14.1 Å². The number of hydrogen-bond donors (Lipinski definition) is 1. The molecule has 78 valence electrons. The lowest BCUT2D eigenvalue weighted by atomic mass is 10.1. The maximum atomic E-state index is 4.36. The van der Waals surface area contributed by atoms with Gasteiger partial charge >= 0.3 is 0 Å². The highest BCUT2D eigenvalue weighted by atomic mass is 32.1. The average Bonchev–Trinajstić information content (AvgIpc) is 1.82. The summed E-state index contributed by atoms with van der Waals surface area (Å²) in [6, 6.07) is 4.30. The molecular weight excluding hydrogens is 197 g/mol. The topological polar surface area (TPSA) is 0 Å². The summed E-state index contributed by atoms with van der Waals surface area (Å²) in [6.45, 7) is 6.28. The van der Waals surface area contributed by atoms with E-state index >= 15 is 0 Å². The minimum absolute atomic E-state index is 0. The van der Waals surface area contributed by atoms with Crippen molar-refractivity contribution in [2.24, 2.45) is 0 Å². The van der Waals surface area contributed by atoms with Crippen LogP contribution in [0.5, 0.6) is 0 Å². The molecule has 0 aliphatic carbocycles. The molecule has 4 heteroatoms. The predicted molar refractivity (Wildman–Crippen MR) is 55.4 cm³/mol. The third-order valence-electron chi connectivity index (χ3n) is 1.64. The predicted octanol–water partition coefficient (Wildman–Crippen LogP) is 3.36. The molecule has 0 aromatic heterocycles. The van der Waals surface area contributed by atoms with Crippen LogP contribution >= 0.6 is 12.6 Å². The van der Waals surface area contributed by atoms with Gasteiger partial charge in [0.15, 0.2) is 0 Å². The fourth-order valence-corrected chi connectivity index (χ4v) is 1.30. The first-order valence-electron chi connectivity index (χ1n) is 3.38. The van der Waals surface area contributed by atoms with E-state index in [4.69, 9.17) is 0 Å². The Labute approximate surface area is 81.9 Å². The van der Waals surface area contributed by atoms with Crippen molar-refractivity contribution in [2.45, 2.75) is 25.7 Å². The number of benzene rings is 1. The Balaban J connectivity index is -0.000000333. The minimum atomic E-state index is 0. The van der Waals surface area contributed by atoms with E-state index < -0.39 is 0 Å². The maximum Gasteiger partial charge on any atom is 0.00987 e. The molecule has 0 heterocycles. The summed E-state index contributed by atoms with van der Waals surface area (Å²) >= 11 is 4.36. The van der Waals surface area contributed by atoms with Crippen molar-refractivity contribution >= 4 is 12.6 Å². The summed E-state index contributed by atoms with van der Waals surface area (Å²) in [5.74, 6) is 0. The lowest BCUT2D eigenvalue weighted by molar-refractivity contribution is 1.11. The Morgan fingerprint density at radius 2 is 1.15 bits per heavy atom. The highest BCUT2D eigenvalue weighted by Gasteiger charge is 1.96. The maximum absolute atomic E-state index is 4.36. The van der Waals surface area contributed by atoms with Crippen LogP contribution in [-0.2, 0) is 0 Å². The summed E-state index contributed by atoms with van der Waals surface area (Å²) in [5.41, 5.74) is 3.84. The number of rotatable bonds is 0. The standard InChI is InChI=1S/C9H12S.3FH/c1-6-4-7(2)9(10)8(3)5-6;;;/h4-5,10H,1-3H3;3*1H. The van der Waals surface area contributed by atoms with Gasteiger partial charge in [0, 0.05) is 4.90 Å². The van der Waals surface area contributed by atoms with Crippen LogP contribution in [0.15, 0.2) is 17.0 Å². The fourth-order valence-electron chi connectivity index (χ4n) is 1.17. The molecule has 0 fully saturated rings. The van der Waals surface area contributed by atoms with Crippen LogP contribution in [0.1, 0.15) is 16.7 Å². The Morgan fingerprint density at radius 1 is 0.846 bits per heavy atom. The quantitative estimate of drug-likeness (QED) is 0.626. The van der Waals surface area contributed by atoms with Crippen molar-refractivity contribution in [3.63, 3.8) is 0 Å². The van der Waals surface area contributed by atoms with E-state index in [9.17, 15) is 0 Å². The second-order valence-electron chi connectivity index (χ2n) is 2.75. The number of halogens is 3. The van der Waals surface area contributed by atoms with E-state index in [1.54, 1.807) is 0 Å². The van der Waals surface area contributed by atoms with Crippen LogP contribution in [0.2, 0.25) is 0 Å². The lowest BCUT2D eigenvalue weighted by Gasteiger charge is -2.03. The Bertz CT molecular complexity index is 238. The fraction of sp³-hybridized carbons (Fsp3) is 0.333. The first-order chi connectivity index (χ1) is 4.61. The molecule has 1 rings (SSSR count). The zero-order valence-electron chi connectivity index (χ0n) is 7.83. The van der Waals surface area contributed by atoms with E-state index in [1.807, 2.05) is 0 Å². The molecule has 1 aromatic carbocycles. The Morgan fingerprint density at radius 3 is 1.46 bits per heavy atom. The normalized spacial score (nSPS) is 7.69. The molecular formula is C9H15F3S. The molecule has 13 heavy (non-hydrogen) atoms. The summed E-state index contributed by atoms with van der Waals surface area (Å²) in [7, 11) is 0. The summed E-state index contributed by atoms with van der Waals surface area (Å²) < 4.78 is 0. The molecule has 0 atom stereocenters. The molecule has 0 N–H and O–H groups in total. The van der Waals surface area contributed by atoms with Gasteiger partial charge in [0.1, 0.15) is 0 Å². The zero-order valence-corrected chi connectivity index (χ0v) is 8.72. The minimum Gasteiger partial charge on any atom is -0.269 e. The number of thiol groups is 1. The van der Waals surface area contributed by atoms with Gasteiger partial charge in [0.05, 0.1) is 0 Å². The van der Waals surface area contributed by atoms with Gasteiger partial charge in [-0.25, -0.2) is 0 Å². The van der Waals surface area contributed by atoms with Gasteiger partial charge in [0.25, 0.3) is 0 Å². The van der Waals surface area contributed by atoms with E-state index in [0.717, 1.165) is 4.90 Å².